The van der Waals surface area contributed by atoms with Crippen molar-refractivity contribution < 1.29 is 26.4 Å². The van der Waals surface area contributed by atoms with Crippen molar-refractivity contribution in [1.82, 2.24) is 9.62 Å². The van der Waals surface area contributed by atoms with E-state index in [4.69, 9.17) is 0 Å². The third-order valence-corrected chi connectivity index (χ3v) is 2.91. The lowest BCUT2D eigenvalue weighted by Gasteiger charge is -2.16. The Morgan fingerprint density at radius 1 is 1.38 bits per heavy atom. The number of carbonyl (C=O) groups is 1. The fourth-order valence-electron chi connectivity index (χ4n) is 0.808. The summed E-state index contributed by atoms with van der Waals surface area (Å²) in [6.45, 7) is -0.588. The minimum atomic E-state index is -5.50. The van der Waals surface area contributed by atoms with E-state index in [2.05, 4.69) is 0 Å². The molecule has 0 spiro atoms. The first-order chi connectivity index (χ1) is 5.77. The number of alkyl halides is 3. The molecule has 1 aliphatic heterocycles. The van der Waals surface area contributed by atoms with Gasteiger partial charge in [0.1, 0.15) is 0 Å². The van der Waals surface area contributed by atoms with Crippen molar-refractivity contribution in [2.75, 3.05) is 13.1 Å². The summed E-state index contributed by atoms with van der Waals surface area (Å²) in [5.74, 6) is 0. The minimum Gasteiger partial charge on any atom is -0.335 e. The van der Waals surface area contributed by atoms with Crippen LogP contribution in [-0.4, -0.2) is 37.4 Å². The van der Waals surface area contributed by atoms with Gasteiger partial charge >= 0.3 is 21.6 Å². The molecule has 13 heavy (non-hydrogen) atoms. The summed E-state index contributed by atoms with van der Waals surface area (Å²) >= 11 is 0. The van der Waals surface area contributed by atoms with Gasteiger partial charge in [0.25, 0.3) is 0 Å². The van der Waals surface area contributed by atoms with Crippen LogP contribution in [0, 0.1) is 0 Å². The zero-order valence-electron chi connectivity index (χ0n) is 6.13. The first-order valence-electron chi connectivity index (χ1n) is 3.13. The molecule has 2 amide bonds. The van der Waals surface area contributed by atoms with Crippen LogP contribution in [0.5, 0.6) is 0 Å². The molecule has 1 saturated heterocycles. The average molecular weight is 218 g/mol. The molecular weight excluding hydrogens is 213 g/mol. The van der Waals surface area contributed by atoms with Gasteiger partial charge in [-0.15, -0.1) is 0 Å². The maximum Gasteiger partial charge on any atom is 0.516 e. The first-order valence-corrected chi connectivity index (χ1v) is 4.57. The second kappa shape index (κ2) is 2.76. The molecule has 1 fully saturated rings. The fourth-order valence-corrected chi connectivity index (χ4v) is 1.67. The van der Waals surface area contributed by atoms with Crippen LogP contribution in [0.15, 0.2) is 0 Å². The lowest BCUT2D eigenvalue weighted by molar-refractivity contribution is -0.0474. The van der Waals surface area contributed by atoms with Crippen LogP contribution < -0.4 is 5.32 Å². The van der Waals surface area contributed by atoms with Crippen molar-refractivity contribution in [3.8, 4) is 0 Å². The van der Waals surface area contributed by atoms with Crippen molar-refractivity contribution in [3.05, 3.63) is 0 Å². The molecule has 9 heteroatoms. The van der Waals surface area contributed by atoms with E-state index < -0.39 is 28.1 Å². The van der Waals surface area contributed by atoms with Gasteiger partial charge < -0.3 is 5.32 Å². The second-order valence-electron chi connectivity index (χ2n) is 2.25. The van der Waals surface area contributed by atoms with E-state index >= 15 is 0 Å². The molecule has 0 saturated carbocycles. The molecule has 0 aliphatic carbocycles. The Bertz CT molecular complexity index is 322. The number of hydrogen-bond acceptors (Lipinski definition) is 3. The van der Waals surface area contributed by atoms with Crippen molar-refractivity contribution in [2.24, 2.45) is 0 Å². The summed E-state index contributed by atoms with van der Waals surface area (Å²) in [5, 5.41) is 1.96. The highest BCUT2D eigenvalue weighted by molar-refractivity contribution is 7.90. The SMILES string of the molecule is O=C1NCCN1S(=O)(=O)C(F)(F)F. The minimum absolute atomic E-state index is 0.103. The molecule has 1 rings (SSSR count). The van der Waals surface area contributed by atoms with E-state index in [1.165, 1.54) is 0 Å². The first kappa shape index (κ1) is 10.1. The van der Waals surface area contributed by atoms with Crippen molar-refractivity contribution >= 4 is 16.1 Å². The topological polar surface area (TPSA) is 66.5 Å². The maximum absolute atomic E-state index is 11.8. The Balaban J connectivity index is 3.01. The molecule has 1 N–H and O–H groups in total. The zero-order valence-corrected chi connectivity index (χ0v) is 6.94. The summed E-state index contributed by atoms with van der Waals surface area (Å²) in [6.07, 6.45) is 0. The average Bonchev–Trinajstić information content (AvgIpc) is 2.32. The van der Waals surface area contributed by atoms with Crippen LogP contribution in [0.3, 0.4) is 0 Å². The van der Waals surface area contributed by atoms with Crippen molar-refractivity contribution in [1.29, 1.82) is 0 Å². The van der Waals surface area contributed by atoms with Gasteiger partial charge in [0.15, 0.2) is 0 Å². The molecule has 1 heterocycles. The number of halogens is 3. The van der Waals surface area contributed by atoms with Crippen LogP contribution in [-0.2, 0) is 10.0 Å². The Hall–Kier alpha value is -0.990. The predicted molar refractivity (Wildman–Crippen MR) is 35.1 cm³/mol. The van der Waals surface area contributed by atoms with Crippen LogP contribution in [0.4, 0.5) is 18.0 Å². The summed E-state index contributed by atoms with van der Waals surface area (Å²) in [4.78, 5) is 10.6. The second-order valence-corrected chi connectivity index (χ2v) is 4.11. The van der Waals surface area contributed by atoms with Gasteiger partial charge in [0, 0.05) is 6.54 Å². The quantitative estimate of drug-likeness (QED) is 0.666. The summed E-state index contributed by atoms with van der Waals surface area (Å²) in [5.41, 5.74) is -5.42. The third-order valence-electron chi connectivity index (χ3n) is 1.40. The lowest BCUT2D eigenvalue weighted by atomic mass is 10.7. The number of amides is 2. The van der Waals surface area contributed by atoms with Gasteiger partial charge in [-0.05, 0) is 0 Å². The smallest absolute Gasteiger partial charge is 0.335 e. The van der Waals surface area contributed by atoms with Gasteiger partial charge in [0.05, 0.1) is 6.54 Å². The molecule has 76 valence electrons. The monoisotopic (exact) mass is 218 g/mol. The third kappa shape index (κ3) is 1.55. The van der Waals surface area contributed by atoms with E-state index in [0.29, 0.717) is 0 Å². The number of hydrogen-bond donors (Lipinski definition) is 1. The molecule has 0 atom stereocenters. The van der Waals surface area contributed by atoms with E-state index in [0.717, 1.165) is 0 Å². The Kier molecular flexibility index (Phi) is 2.14. The van der Waals surface area contributed by atoms with E-state index in [9.17, 15) is 26.4 Å². The fraction of sp³-hybridized carbons (Fsp3) is 0.750. The molecule has 0 radical (unpaired) electrons. The van der Waals surface area contributed by atoms with E-state index in [1.807, 2.05) is 5.32 Å². The summed E-state index contributed by atoms with van der Waals surface area (Å²) < 4.78 is 56.5. The number of carbonyl (C=O) groups excluding carboxylic acids is 1. The molecule has 1 aliphatic rings. The number of urea groups is 1. The van der Waals surface area contributed by atoms with Gasteiger partial charge in [0.2, 0.25) is 0 Å². The van der Waals surface area contributed by atoms with Crippen LogP contribution in [0.2, 0.25) is 0 Å². The molecule has 5 nitrogen and oxygen atoms in total. The standard InChI is InChI=1S/C4H5F3N2O3S/c5-4(6,7)13(11,12)9-2-1-8-3(9)10/h1-2H2,(H,8,10). The van der Waals surface area contributed by atoms with E-state index in [1.54, 1.807) is 0 Å². The predicted octanol–water partition coefficient (Wildman–Crippen LogP) is -0.139. The largest absolute Gasteiger partial charge is 0.516 e. The maximum atomic E-state index is 11.8. The highest BCUT2D eigenvalue weighted by Gasteiger charge is 2.52. The van der Waals surface area contributed by atoms with Gasteiger partial charge in [-0.3, -0.25) is 0 Å². The van der Waals surface area contributed by atoms with Crippen molar-refractivity contribution in [2.45, 2.75) is 5.51 Å². The molecule has 0 unspecified atom stereocenters. The zero-order chi connectivity index (χ0) is 10.3. The Morgan fingerprint density at radius 2 is 1.92 bits per heavy atom. The summed E-state index contributed by atoms with van der Waals surface area (Å²) in [7, 11) is -5.50. The number of sulfonamides is 1. The summed E-state index contributed by atoms with van der Waals surface area (Å²) in [6, 6.07) is -1.24. The van der Waals surface area contributed by atoms with Gasteiger partial charge in [-0.25, -0.2) is 9.10 Å². The molecular formula is C4H5F3N2O3S. The lowest BCUT2D eigenvalue weighted by Crippen LogP contribution is -2.42. The van der Waals surface area contributed by atoms with Crippen LogP contribution >= 0.6 is 0 Å². The van der Waals surface area contributed by atoms with Crippen LogP contribution in [0.1, 0.15) is 0 Å². The number of nitrogens with zero attached hydrogens (tertiary/aromatic N) is 1. The van der Waals surface area contributed by atoms with Crippen LogP contribution in [0.25, 0.3) is 0 Å². The van der Waals surface area contributed by atoms with Crippen molar-refractivity contribution in [3.63, 3.8) is 0 Å². The highest BCUT2D eigenvalue weighted by Crippen LogP contribution is 2.27. The Morgan fingerprint density at radius 3 is 2.23 bits per heavy atom. The number of nitrogens with one attached hydrogen (secondary N) is 1. The van der Waals surface area contributed by atoms with Gasteiger partial charge in [-0.2, -0.15) is 21.6 Å². The molecule has 0 aromatic heterocycles. The molecule has 0 aromatic rings. The van der Waals surface area contributed by atoms with E-state index in [-0.39, 0.29) is 10.8 Å². The molecule has 0 bridgehead atoms. The number of rotatable bonds is 1. The van der Waals surface area contributed by atoms with Gasteiger partial charge in [-0.1, -0.05) is 0 Å². The Labute approximate surface area is 71.6 Å². The molecule has 0 aromatic carbocycles. The highest BCUT2D eigenvalue weighted by atomic mass is 32.2. The normalized spacial score (nSPS) is 19.0.